The van der Waals surface area contributed by atoms with Crippen molar-refractivity contribution in [3.8, 4) is 5.75 Å². The summed E-state index contributed by atoms with van der Waals surface area (Å²) in [5.41, 5.74) is 1.86. The third-order valence-electron chi connectivity index (χ3n) is 4.55. The highest BCUT2D eigenvalue weighted by molar-refractivity contribution is 5.95. The maximum absolute atomic E-state index is 12.8. The van der Waals surface area contributed by atoms with Gasteiger partial charge in [0.05, 0.1) is 7.11 Å². The van der Waals surface area contributed by atoms with Gasteiger partial charge in [-0.3, -0.25) is 4.79 Å². The first-order valence-corrected chi connectivity index (χ1v) is 8.29. The zero-order valence-electron chi connectivity index (χ0n) is 14.2. The van der Waals surface area contributed by atoms with Gasteiger partial charge >= 0.3 is 0 Å². The van der Waals surface area contributed by atoms with Gasteiger partial charge in [0.15, 0.2) is 0 Å². The first kappa shape index (κ1) is 16.3. The van der Waals surface area contributed by atoms with E-state index in [1.54, 1.807) is 32.5 Å². The summed E-state index contributed by atoms with van der Waals surface area (Å²) in [7, 11) is 3.50. The van der Waals surface area contributed by atoms with Gasteiger partial charge in [-0.1, -0.05) is 18.2 Å². The molecular formula is C19H23N3O2. The van der Waals surface area contributed by atoms with Crippen LogP contribution in [0.2, 0.25) is 0 Å². The SMILES string of the molecule is CNc1cc(C(=O)N2CCC[C@@H](c3ccccc3OC)C2)ccn1. The van der Waals surface area contributed by atoms with E-state index in [4.69, 9.17) is 4.74 Å². The smallest absolute Gasteiger partial charge is 0.254 e. The minimum Gasteiger partial charge on any atom is -0.496 e. The van der Waals surface area contributed by atoms with Crippen LogP contribution < -0.4 is 10.1 Å². The molecule has 24 heavy (non-hydrogen) atoms. The van der Waals surface area contributed by atoms with Crippen molar-refractivity contribution in [2.24, 2.45) is 0 Å². The van der Waals surface area contributed by atoms with E-state index >= 15 is 0 Å². The summed E-state index contributed by atoms with van der Waals surface area (Å²) in [4.78, 5) is 19.0. The van der Waals surface area contributed by atoms with Gasteiger partial charge in [-0.25, -0.2) is 4.98 Å². The Morgan fingerprint density at radius 3 is 2.96 bits per heavy atom. The molecular weight excluding hydrogens is 302 g/mol. The second-order valence-electron chi connectivity index (χ2n) is 6.01. The second kappa shape index (κ2) is 7.34. The van der Waals surface area contributed by atoms with E-state index in [-0.39, 0.29) is 5.91 Å². The maximum Gasteiger partial charge on any atom is 0.254 e. The van der Waals surface area contributed by atoms with Crippen LogP contribution >= 0.6 is 0 Å². The van der Waals surface area contributed by atoms with E-state index in [0.717, 1.165) is 31.7 Å². The number of piperidine rings is 1. The lowest BCUT2D eigenvalue weighted by Gasteiger charge is -2.33. The molecule has 1 saturated heterocycles. The summed E-state index contributed by atoms with van der Waals surface area (Å²) in [5, 5.41) is 2.98. The number of ether oxygens (including phenoxy) is 1. The Bertz CT molecular complexity index is 717. The van der Waals surface area contributed by atoms with Crippen LogP contribution in [0.25, 0.3) is 0 Å². The van der Waals surface area contributed by atoms with E-state index in [0.29, 0.717) is 17.3 Å². The molecule has 0 saturated carbocycles. The van der Waals surface area contributed by atoms with Crippen molar-refractivity contribution in [1.82, 2.24) is 9.88 Å². The zero-order valence-corrected chi connectivity index (χ0v) is 14.2. The van der Waals surface area contributed by atoms with Crippen molar-refractivity contribution >= 4 is 11.7 Å². The third-order valence-corrected chi connectivity index (χ3v) is 4.55. The fraction of sp³-hybridized carbons (Fsp3) is 0.368. The largest absolute Gasteiger partial charge is 0.496 e. The molecule has 0 aliphatic carbocycles. The van der Waals surface area contributed by atoms with E-state index in [1.165, 1.54) is 5.56 Å². The summed E-state index contributed by atoms with van der Waals surface area (Å²) in [5.74, 6) is 1.98. The summed E-state index contributed by atoms with van der Waals surface area (Å²) in [6.07, 6.45) is 3.74. The van der Waals surface area contributed by atoms with Gasteiger partial charge in [-0.05, 0) is 36.6 Å². The first-order chi connectivity index (χ1) is 11.7. The van der Waals surface area contributed by atoms with Crippen LogP contribution in [0.5, 0.6) is 5.75 Å². The molecule has 0 bridgehead atoms. The molecule has 5 nitrogen and oxygen atoms in total. The molecule has 1 aromatic carbocycles. The highest BCUT2D eigenvalue weighted by Gasteiger charge is 2.27. The second-order valence-corrected chi connectivity index (χ2v) is 6.01. The number of hydrogen-bond donors (Lipinski definition) is 1. The van der Waals surface area contributed by atoms with Gasteiger partial charge in [-0.2, -0.15) is 0 Å². The lowest BCUT2D eigenvalue weighted by Crippen LogP contribution is -2.39. The Labute approximate surface area is 142 Å². The number of rotatable bonds is 4. The van der Waals surface area contributed by atoms with Crippen LogP contribution in [0.3, 0.4) is 0 Å². The molecule has 5 heteroatoms. The minimum absolute atomic E-state index is 0.0634. The Morgan fingerprint density at radius 2 is 2.17 bits per heavy atom. The number of methoxy groups -OCH3 is 1. The molecule has 0 unspecified atom stereocenters. The molecule has 1 N–H and O–H groups in total. The molecule has 1 aromatic heterocycles. The fourth-order valence-electron chi connectivity index (χ4n) is 3.30. The molecule has 3 rings (SSSR count). The number of anilines is 1. The molecule has 1 atom stereocenters. The van der Waals surface area contributed by atoms with E-state index in [1.807, 2.05) is 23.1 Å². The molecule has 126 valence electrons. The number of pyridine rings is 1. The Morgan fingerprint density at radius 1 is 1.33 bits per heavy atom. The maximum atomic E-state index is 12.8. The lowest BCUT2D eigenvalue weighted by atomic mass is 9.89. The number of para-hydroxylation sites is 1. The summed E-state index contributed by atoms with van der Waals surface area (Å²) in [6, 6.07) is 11.7. The standard InChI is InChI=1S/C19H23N3O2/c1-20-18-12-14(9-10-21-18)19(23)22-11-5-6-15(13-22)16-7-3-4-8-17(16)24-2/h3-4,7-10,12,15H,5-6,11,13H2,1-2H3,(H,20,21)/t15-/m1/s1. The number of carbonyl (C=O) groups excluding carboxylic acids is 1. The lowest BCUT2D eigenvalue weighted by molar-refractivity contribution is 0.0706. The van der Waals surface area contributed by atoms with Crippen molar-refractivity contribution in [3.63, 3.8) is 0 Å². The minimum atomic E-state index is 0.0634. The highest BCUT2D eigenvalue weighted by Crippen LogP contribution is 2.33. The summed E-state index contributed by atoms with van der Waals surface area (Å²) >= 11 is 0. The number of likely N-dealkylation sites (tertiary alicyclic amines) is 1. The number of nitrogens with one attached hydrogen (secondary N) is 1. The quantitative estimate of drug-likeness (QED) is 0.938. The van der Waals surface area contributed by atoms with Crippen molar-refractivity contribution in [3.05, 3.63) is 53.7 Å². The average Bonchev–Trinajstić information content (AvgIpc) is 2.67. The van der Waals surface area contributed by atoms with E-state index in [2.05, 4.69) is 16.4 Å². The third kappa shape index (κ3) is 3.35. The van der Waals surface area contributed by atoms with Gasteiger partial charge in [0, 0.05) is 37.8 Å². The number of hydrogen-bond acceptors (Lipinski definition) is 4. The Kier molecular flexibility index (Phi) is 4.99. The molecule has 1 amide bonds. The van der Waals surface area contributed by atoms with Gasteiger partial charge in [0.1, 0.15) is 11.6 Å². The van der Waals surface area contributed by atoms with Crippen molar-refractivity contribution in [1.29, 1.82) is 0 Å². The molecule has 1 aliphatic rings. The predicted molar refractivity (Wildman–Crippen MR) is 94.7 cm³/mol. The van der Waals surface area contributed by atoms with Crippen LogP contribution in [0, 0.1) is 0 Å². The van der Waals surface area contributed by atoms with Crippen LogP contribution in [0.1, 0.15) is 34.7 Å². The van der Waals surface area contributed by atoms with Crippen LogP contribution in [-0.2, 0) is 0 Å². The molecule has 2 aromatic rings. The predicted octanol–water partition coefficient (Wildman–Crippen LogP) is 3.15. The van der Waals surface area contributed by atoms with Crippen LogP contribution in [0.15, 0.2) is 42.6 Å². The zero-order chi connectivity index (χ0) is 16.9. The molecule has 0 radical (unpaired) electrons. The van der Waals surface area contributed by atoms with Gasteiger partial charge < -0.3 is 15.0 Å². The van der Waals surface area contributed by atoms with Crippen molar-refractivity contribution < 1.29 is 9.53 Å². The topological polar surface area (TPSA) is 54.5 Å². The number of carbonyl (C=O) groups is 1. The van der Waals surface area contributed by atoms with Crippen LogP contribution in [-0.4, -0.2) is 43.0 Å². The summed E-state index contributed by atoms with van der Waals surface area (Å²) < 4.78 is 5.49. The van der Waals surface area contributed by atoms with Crippen molar-refractivity contribution in [2.45, 2.75) is 18.8 Å². The fourth-order valence-corrected chi connectivity index (χ4v) is 3.30. The molecule has 1 aliphatic heterocycles. The average molecular weight is 325 g/mol. The normalized spacial score (nSPS) is 17.4. The highest BCUT2D eigenvalue weighted by atomic mass is 16.5. The molecule has 2 heterocycles. The molecule has 1 fully saturated rings. The number of amides is 1. The Balaban J connectivity index is 1.79. The van der Waals surface area contributed by atoms with Gasteiger partial charge in [-0.15, -0.1) is 0 Å². The number of aromatic nitrogens is 1. The number of nitrogens with zero attached hydrogens (tertiary/aromatic N) is 2. The Hall–Kier alpha value is -2.56. The summed E-state index contributed by atoms with van der Waals surface area (Å²) in [6.45, 7) is 1.51. The van der Waals surface area contributed by atoms with Gasteiger partial charge in [0.25, 0.3) is 5.91 Å². The molecule has 0 spiro atoms. The van der Waals surface area contributed by atoms with E-state index < -0.39 is 0 Å². The van der Waals surface area contributed by atoms with Crippen LogP contribution in [0.4, 0.5) is 5.82 Å². The van der Waals surface area contributed by atoms with Crippen molar-refractivity contribution in [2.75, 3.05) is 32.6 Å². The number of benzene rings is 1. The van der Waals surface area contributed by atoms with E-state index in [9.17, 15) is 4.79 Å². The van der Waals surface area contributed by atoms with Gasteiger partial charge in [0.2, 0.25) is 0 Å². The monoisotopic (exact) mass is 325 g/mol. The first-order valence-electron chi connectivity index (χ1n) is 8.29.